The lowest BCUT2D eigenvalue weighted by molar-refractivity contribution is -0.123. The molecule has 1 aromatic rings. The Morgan fingerprint density at radius 3 is 2.50 bits per heavy atom. The minimum Gasteiger partial charge on any atom is -0.348 e. The van der Waals surface area contributed by atoms with Gasteiger partial charge in [-0.2, -0.15) is 0 Å². The Labute approximate surface area is 114 Å². The van der Waals surface area contributed by atoms with Crippen LogP contribution in [0.3, 0.4) is 0 Å². The van der Waals surface area contributed by atoms with Gasteiger partial charge in [-0.1, -0.05) is 43.6 Å². The molecular weight excluding hydrogens is 248 g/mol. The third-order valence-electron chi connectivity index (χ3n) is 2.79. The molecule has 1 amide bonds. The van der Waals surface area contributed by atoms with Gasteiger partial charge in [-0.25, -0.2) is 0 Å². The van der Waals surface area contributed by atoms with Gasteiger partial charge in [0.25, 0.3) is 0 Å². The maximum absolute atomic E-state index is 11.9. The van der Waals surface area contributed by atoms with E-state index < -0.39 is 6.04 Å². The molecule has 0 aliphatic rings. The molecule has 0 spiro atoms. The van der Waals surface area contributed by atoms with Crippen LogP contribution in [-0.2, 0) is 4.79 Å². The van der Waals surface area contributed by atoms with Crippen LogP contribution < -0.4 is 11.1 Å². The zero-order valence-corrected chi connectivity index (χ0v) is 11.9. The van der Waals surface area contributed by atoms with Crippen LogP contribution in [0.25, 0.3) is 0 Å². The quantitative estimate of drug-likeness (QED) is 0.863. The number of rotatable bonds is 5. The molecule has 3 nitrogen and oxygen atoms in total. The minimum absolute atomic E-state index is 0.129. The second-order valence-electron chi connectivity index (χ2n) is 4.99. The van der Waals surface area contributed by atoms with Crippen LogP contribution in [0.2, 0.25) is 5.02 Å². The molecule has 3 N–H and O–H groups in total. The number of carbonyl (C=O) groups is 1. The van der Waals surface area contributed by atoms with Crippen molar-refractivity contribution in [1.82, 2.24) is 5.32 Å². The largest absolute Gasteiger partial charge is 0.348 e. The Hall–Kier alpha value is -1.06. The summed E-state index contributed by atoms with van der Waals surface area (Å²) < 4.78 is 0. The molecule has 0 bridgehead atoms. The van der Waals surface area contributed by atoms with Gasteiger partial charge in [-0.3, -0.25) is 4.79 Å². The molecule has 1 aromatic carbocycles. The van der Waals surface area contributed by atoms with Gasteiger partial charge in [0.15, 0.2) is 0 Å². The molecule has 18 heavy (non-hydrogen) atoms. The molecule has 100 valence electrons. The molecule has 1 unspecified atom stereocenters. The molecular formula is C14H21ClN2O. The Morgan fingerprint density at radius 2 is 1.94 bits per heavy atom. The number of amides is 1. The van der Waals surface area contributed by atoms with Crippen molar-refractivity contribution >= 4 is 17.5 Å². The highest BCUT2D eigenvalue weighted by molar-refractivity contribution is 6.31. The lowest BCUT2D eigenvalue weighted by atomic mass is 10.0. The maximum Gasteiger partial charge on any atom is 0.237 e. The summed E-state index contributed by atoms with van der Waals surface area (Å²) in [5.41, 5.74) is 6.74. The number of hydrogen-bond acceptors (Lipinski definition) is 2. The lowest BCUT2D eigenvalue weighted by Crippen LogP contribution is -2.42. The summed E-state index contributed by atoms with van der Waals surface area (Å²) in [5, 5.41) is 3.55. The first-order valence-corrected chi connectivity index (χ1v) is 6.60. The standard InChI is InChI=1S/C14H21ClN2O/c1-9(2)8-13(16)14(18)17-10(3)11-6-4-5-7-12(11)15/h4-7,9-10,13H,8,16H2,1-3H3,(H,17,18)/t10-,13?/m1/s1. The van der Waals surface area contributed by atoms with Gasteiger partial charge < -0.3 is 11.1 Å². The van der Waals surface area contributed by atoms with Crippen molar-refractivity contribution in [2.75, 3.05) is 0 Å². The maximum atomic E-state index is 11.9. The van der Waals surface area contributed by atoms with E-state index in [1.54, 1.807) is 0 Å². The van der Waals surface area contributed by atoms with Gasteiger partial charge in [0.2, 0.25) is 5.91 Å². The van der Waals surface area contributed by atoms with Crippen LogP contribution in [0.15, 0.2) is 24.3 Å². The van der Waals surface area contributed by atoms with Crippen molar-refractivity contribution in [3.63, 3.8) is 0 Å². The summed E-state index contributed by atoms with van der Waals surface area (Å²) in [5.74, 6) is 0.275. The zero-order chi connectivity index (χ0) is 13.7. The number of benzene rings is 1. The SMILES string of the molecule is CC(C)CC(N)C(=O)N[C@H](C)c1ccccc1Cl. The molecule has 0 fully saturated rings. The molecule has 0 aliphatic carbocycles. The number of nitrogens with one attached hydrogen (secondary N) is 1. The highest BCUT2D eigenvalue weighted by Crippen LogP contribution is 2.22. The van der Waals surface area contributed by atoms with E-state index >= 15 is 0 Å². The van der Waals surface area contributed by atoms with Crippen LogP contribution in [0.5, 0.6) is 0 Å². The van der Waals surface area contributed by atoms with E-state index in [1.807, 2.05) is 45.0 Å². The number of halogens is 1. The summed E-state index contributed by atoms with van der Waals surface area (Å²) in [6, 6.07) is 6.89. The van der Waals surface area contributed by atoms with Crippen molar-refractivity contribution in [3.8, 4) is 0 Å². The van der Waals surface area contributed by atoms with Crippen LogP contribution in [0.4, 0.5) is 0 Å². The second-order valence-corrected chi connectivity index (χ2v) is 5.40. The summed E-state index contributed by atoms with van der Waals surface area (Å²) in [7, 11) is 0. The topological polar surface area (TPSA) is 55.1 Å². The fraction of sp³-hybridized carbons (Fsp3) is 0.500. The average Bonchev–Trinajstić information content (AvgIpc) is 2.28. The average molecular weight is 269 g/mol. The summed E-state index contributed by atoms with van der Waals surface area (Å²) >= 11 is 6.08. The molecule has 2 atom stereocenters. The molecule has 1 rings (SSSR count). The van der Waals surface area contributed by atoms with E-state index in [4.69, 9.17) is 17.3 Å². The second kappa shape index (κ2) is 6.76. The van der Waals surface area contributed by atoms with Gasteiger partial charge >= 0.3 is 0 Å². The van der Waals surface area contributed by atoms with Gasteiger partial charge in [-0.15, -0.1) is 0 Å². The van der Waals surface area contributed by atoms with Crippen LogP contribution >= 0.6 is 11.6 Å². The smallest absolute Gasteiger partial charge is 0.237 e. The Morgan fingerprint density at radius 1 is 1.33 bits per heavy atom. The molecule has 0 saturated carbocycles. The number of hydrogen-bond donors (Lipinski definition) is 2. The van der Waals surface area contributed by atoms with Crippen molar-refractivity contribution in [3.05, 3.63) is 34.9 Å². The van der Waals surface area contributed by atoms with Gasteiger partial charge in [-0.05, 0) is 30.9 Å². The lowest BCUT2D eigenvalue weighted by Gasteiger charge is -2.19. The Balaban J connectivity index is 2.62. The third kappa shape index (κ3) is 4.31. The first kappa shape index (κ1) is 15.0. The van der Waals surface area contributed by atoms with Crippen molar-refractivity contribution in [2.45, 2.75) is 39.3 Å². The van der Waals surface area contributed by atoms with Gasteiger partial charge in [0, 0.05) is 5.02 Å². The molecule has 0 aromatic heterocycles. The summed E-state index contributed by atoms with van der Waals surface area (Å²) in [6.45, 7) is 6.00. The van der Waals surface area contributed by atoms with E-state index in [0.29, 0.717) is 17.4 Å². The molecule has 0 radical (unpaired) electrons. The number of carbonyl (C=O) groups excluding carboxylic acids is 1. The van der Waals surface area contributed by atoms with Crippen LogP contribution in [0, 0.1) is 5.92 Å². The first-order chi connectivity index (χ1) is 8.41. The Bertz CT molecular complexity index is 407. The molecule has 0 saturated heterocycles. The van der Waals surface area contributed by atoms with Crippen molar-refractivity contribution in [1.29, 1.82) is 0 Å². The first-order valence-electron chi connectivity index (χ1n) is 6.22. The van der Waals surface area contributed by atoms with E-state index in [2.05, 4.69) is 5.32 Å². The van der Waals surface area contributed by atoms with Crippen LogP contribution in [-0.4, -0.2) is 11.9 Å². The molecule has 0 aliphatic heterocycles. The van der Waals surface area contributed by atoms with Gasteiger partial charge in [0.1, 0.15) is 0 Å². The zero-order valence-electron chi connectivity index (χ0n) is 11.1. The summed E-state index contributed by atoms with van der Waals surface area (Å²) in [6.07, 6.45) is 0.682. The van der Waals surface area contributed by atoms with Crippen molar-refractivity contribution < 1.29 is 4.79 Å². The van der Waals surface area contributed by atoms with E-state index in [9.17, 15) is 4.79 Å². The predicted molar refractivity (Wildman–Crippen MR) is 75.4 cm³/mol. The monoisotopic (exact) mass is 268 g/mol. The predicted octanol–water partition coefficient (Wildman–Crippen LogP) is 2.89. The highest BCUT2D eigenvalue weighted by atomic mass is 35.5. The van der Waals surface area contributed by atoms with Gasteiger partial charge in [0.05, 0.1) is 12.1 Å². The fourth-order valence-electron chi connectivity index (χ4n) is 1.84. The fourth-order valence-corrected chi connectivity index (χ4v) is 2.14. The molecule has 4 heteroatoms. The van der Waals surface area contributed by atoms with Crippen molar-refractivity contribution in [2.24, 2.45) is 11.7 Å². The minimum atomic E-state index is -0.463. The van der Waals surface area contributed by atoms with E-state index in [1.165, 1.54) is 0 Å². The normalized spacial score (nSPS) is 14.3. The van der Waals surface area contributed by atoms with E-state index in [-0.39, 0.29) is 11.9 Å². The van der Waals surface area contributed by atoms with Crippen LogP contribution in [0.1, 0.15) is 38.8 Å². The van der Waals surface area contributed by atoms with E-state index in [0.717, 1.165) is 5.56 Å². The highest BCUT2D eigenvalue weighted by Gasteiger charge is 2.18. The third-order valence-corrected chi connectivity index (χ3v) is 3.14. The molecule has 0 heterocycles. The summed E-state index contributed by atoms with van der Waals surface area (Å²) in [4.78, 5) is 11.9. The Kier molecular flexibility index (Phi) is 5.63. The number of nitrogens with two attached hydrogens (primary N) is 1.